The standard InChI is InChI=1S/C7H10F2N4/c8-6(9)1-2-11-7-12-3-5(10)4-13-7/h3-4,6H,1-2,10H2,(H,11,12,13). The van der Waals surface area contributed by atoms with Gasteiger partial charge in [-0.3, -0.25) is 0 Å². The lowest BCUT2D eigenvalue weighted by Gasteiger charge is -2.03. The van der Waals surface area contributed by atoms with Gasteiger partial charge in [0.25, 0.3) is 0 Å². The average molecular weight is 188 g/mol. The number of halogens is 2. The lowest BCUT2D eigenvalue weighted by molar-refractivity contribution is 0.142. The van der Waals surface area contributed by atoms with Crippen LogP contribution in [0.25, 0.3) is 0 Å². The largest absolute Gasteiger partial charge is 0.396 e. The van der Waals surface area contributed by atoms with E-state index in [0.717, 1.165) is 0 Å². The van der Waals surface area contributed by atoms with Crippen molar-refractivity contribution < 1.29 is 8.78 Å². The number of aromatic nitrogens is 2. The fourth-order valence-electron chi connectivity index (χ4n) is 0.722. The first kappa shape index (κ1) is 9.63. The van der Waals surface area contributed by atoms with Gasteiger partial charge in [0, 0.05) is 13.0 Å². The highest BCUT2D eigenvalue weighted by atomic mass is 19.3. The monoisotopic (exact) mass is 188 g/mol. The number of nitrogens with one attached hydrogen (secondary N) is 1. The third-order valence-corrected chi connectivity index (χ3v) is 1.32. The van der Waals surface area contributed by atoms with Crippen LogP contribution in [0.3, 0.4) is 0 Å². The van der Waals surface area contributed by atoms with Crippen LogP contribution in [0.4, 0.5) is 20.4 Å². The Hall–Kier alpha value is -1.46. The van der Waals surface area contributed by atoms with Crippen LogP contribution in [0.5, 0.6) is 0 Å². The van der Waals surface area contributed by atoms with Crippen LogP contribution in [0.15, 0.2) is 12.4 Å². The molecule has 13 heavy (non-hydrogen) atoms. The summed E-state index contributed by atoms with van der Waals surface area (Å²) in [7, 11) is 0. The first-order valence-electron chi connectivity index (χ1n) is 3.78. The Morgan fingerprint density at radius 2 is 2.00 bits per heavy atom. The molecule has 3 N–H and O–H groups in total. The van der Waals surface area contributed by atoms with Gasteiger partial charge < -0.3 is 11.1 Å². The Balaban J connectivity index is 2.33. The van der Waals surface area contributed by atoms with Crippen LogP contribution < -0.4 is 11.1 Å². The molecule has 0 amide bonds. The van der Waals surface area contributed by atoms with Crippen LogP contribution in [-0.2, 0) is 0 Å². The molecule has 0 fully saturated rings. The Labute approximate surface area is 74.2 Å². The number of alkyl halides is 2. The first-order valence-corrected chi connectivity index (χ1v) is 3.78. The summed E-state index contributed by atoms with van der Waals surface area (Å²) >= 11 is 0. The smallest absolute Gasteiger partial charge is 0.240 e. The van der Waals surface area contributed by atoms with Crippen LogP contribution in [0.2, 0.25) is 0 Å². The van der Waals surface area contributed by atoms with Crippen LogP contribution >= 0.6 is 0 Å². The summed E-state index contributed by atoms with van der Waals surface area (Å²) < 4.78 is 23.4. The zero-order chi connectivity index (χ0) is 9.68. The molecule has 0 atom stereocenters. The van der Waals surface area contributed by atoms with E-state index in [0.29, 0.717) is 11.6 Å². The van der Waals surface area contributed by atoms with Gasteiger partial charge in [-0.2, -0.15) is 0 Å². The summed E-state index contributed by atoms with van der Waals surface area (Å²) in [5, 5.41) is 2.65. The molecule has 1 heterocycles. The third kappa shape index (κ3) is 3.64. The predicted molar refractivity (Wildman–Crippen MR) is 45.6 cm³/mol. The second-order valence-electron chi connectivity index (χ2n) is 2.45. The van der Waals surface area contributed by atoms with Crippen LogP contribution in [0, 0.1) is 0 Å². The van der Waals surface area contributed by atoms with Gasteiger partial charge in [-0.25, -0.2) is 18.7 Å². The summed E-state index contributed by atoms with van der Waals surface area (Å²) in [5.41, 5.74) is 5.77. The van der Waals surface area contributed by atoms with E-state index >= 15 is 0 Å². The second kappa shape index (κ2) is 4.54. The fourth-order valence-corrected chi connectivity index (χ4v) is 0.722. The van der Waals surface area contributed by atoms with Gasteiger partial charge in [-0.15, -0.1) is 0 Å². The van der Waals surface area contributed by atoms with Gasteiger partial charge in [0.05, 0.1) is 18.1 Å². The van der Waals surface area contributed by atoms with Crippen LogP contribution in [0.1, 0.15) is 6.42 Å². The van der Waals surface area contributed by atoms with Crippen molar-refractivity contribution in [2.24, 2.45) is 0 Å². The molecule has 0 aromatic carbocycles. The maximum Gasteiger partial charge on any atom is 0.240 e. The minimum Gasteiger partial charge on any atom is -0.396 e. The summed E-state index contributed by atoms with van der Waals surface area (Å²) in [6.07, 6.45) is 0.310. The van der Waals surface area contributed by atoms with Crippen molar-refractivity contribution in [2.75, 3.05) is 17.6 Å². The molecule has 0 saturated heterocycles. The molecule has 0 spiro atoms. The molecular formula is C7H10F2N4. The van der Waals surface area contributed by atoms with Crippen molar-refractivity contribution in [2.45, 2.75) is 12.8 Å². The van der Waals surface area contributed by atoms with E-state index in [2.05, 4.69) is 15.3 Å². The zero-order valence-electron chi connectivity index (χ0n) is 6.87. The molecule has 72 valence electrons. The predicted octanol–water partition coefficient (Wildman–Crippen LogP) is 1.13. The molecular weight excluding hydrogens is 178 g/mol. The lowest BCUT2D eigenvalue weighted by Crippen LogP contribution is -2.08. The zero-order valence-corrected chi connectivity index (χ0v) is 6.87. The molecule has 1 aromatic heterocycles. The molecule has 6 heteroatoms. The highest BCUT2D eigenvalue weighted by molar-refractivity contribution is 5.35. The highest BCUT2D eigenvalue weighted by Crippen LogP contribution is 2.02. The number of nitrogen functional groups attached to an aromatic ring is 1. The molecule has 1 aromatic rings. The average Bonchev–Trinajstić information content (AvgIpc) is 2.08. The Morgan fingerprint density at radius 1 is 1.38 bits per heavy atom. The minimum atomic E-state index is -2.30. The van der Waals surface area contributed by atoms with Crippen molar-refractivity contribution >= 4 is 11.6 Å². The van der Waals surface area contributed by atoms with Crippen molar-refractivity contribution in [3.8, 4) is 0 Å². The van der Waals surface area contributed by atoms with Gasteiger partial charge in [0.1, 0.15) is 0 Å². The molecule has 0 saturated carbocycles. The van der Waals surface area contributed by atoms with Crippen molar-refractivity contribution in [1.82, 2.24) is 9.97 Å². The Morgan fingerprint density at radius 3 is 2.54 bits per heavy atom. The van der Waals surface area contributed by atoms with E-state index in [9.17, 15) is 8.78 Å². The van der Waals surface area contributed by atoms with Crippen molar-refractivity contribution in [3.05, 3.63) is 12.4 Å². The topological polar surface area (TPSA) is 63.8 Å². The van der Waals surface area contributed by atoms with Gasteiger partial charge in [0.2, 0.25) is 12.4 Å². The van der Waals surface area contributed by atoms with Crippen molar-refractivity contribution in [1.29, 1.82) is 0 Å². The van der Waals surface area contributed by atoms with E-state index in [1.165, 1.54) is 12.4 Å². The van der Waals surface area contributed by atoms with Gasteiger partial charge in [-0.05, 0) is 0 Å². The maximum absolute atomic E-state index is 11.7. The molecule has 4 nitrogen and oxygen atoms in total. The lowest BCUT2D eigenvalue weighted by atomic mass is 10.4. The van der Waals surface area contributed by atoms with E-state index in [1.807, 2.05) is 0 Å². The first-order chi connectivity index (χ1) is 6.18. The number of rotatable bonds is 4. The molecule has 0 aliphatic heterocycles. The normalized spacial score (nSPS) is 10.4. The highest BCUT2D eigenvalue weighted by Gasteiger charge is 2.01. The SMILES string of the molecule is Nc1cnc(NCCC(F)F)nc1. The molecule has 0 radical (unpaired) electrons. The van der Waals surface area contributed by atoms with Crippen molar-refractivity contribution in [3.63, 3.8) is 0 Å². The fraction of sp³-hybridized carbons (Fsp3) is 0.429. The summed E-state index contributed by atoms with van der Waals surface area (Å²) in [5.74, 6) is 0.315. The summed E-state index contributed by atoms with van der Waals surface area (Å²) in [4.78, 5) is 7.57. The van der Waals surface area contributed by atoms with E-state index in [-0.39, 0.29) is 13.0 Å². The molecule has 0 aliphatic carbocycles. The Kier molecular flexibility index (Phi) is 3.36. The van der Waals surface area contributed by atoms with E-state index in [4.69, 9.17) is 5.73 Å². The number of nitrogens with zero attached hydrogens (tertiary/aromatic N) is 2. The van der Waals surface area contributed by atoms with E-state index in [1.54, 1.807) is 0 Å². The quantitative estimate of drug-likeness (QED) is 0.743. The van der Waals surface area contributed by atoms with E-state index < -0.39 is 6.43 Å². The molecule has 1 rings (SSSR count). The third-order valence-electron chi connectivity index (χ3n) is 1.32. The van der Waals surface area contributed by atoms with Gasteiger partial charge >= 0.3 is 0 Å². The number of hydrogen-bond donors (Lipinski definition) is 2. The maximum atomic E-state index is 11.7. The number of anilines is 2. The van der Waals surface area contributed by atoms with Gasteiger partial charge in [-0.1, -0.05) is 0 Å². The van der Waals surface area contributed by atoms with Gasteiger partial charge in [0.15, 0.2) is 0 Å². The Bertz CT molecular complexity index is 249. The minimum absolute atomic E-state index is 0.154. The number of hydrogen-bond acceptors (Lipinski definition) is 4. The van der Waals surface area contributed by atoms with Crippen LogP contribution in [-0.4, -0.2) is 22.9 Å². The molecule has 0 bridgehead atoms. The molecule has 0 unspecified atom stereocenters. The summed E-state index contributed by atoms with van der Waals surface area (Å²) in [6, 6.07) is 0. The second-order valence-corrected chi connectivity index (χ2v) is 2.45. The summed E-state index contributed by atoms with van der Waals surface area (Å²) in [6.45, 7) is 0.154. The number of nitrogens with two attached hydrogens (primary N) is 1. The molecule has 0 aliphatic rings.